The number of nitrogens with one attached hydrogen (secondary N) is 1. The fraction of sp³-hybridized carbons (Fsp3) is 0.267. The van der Waals surface area contributed by atoms with Gasteiger partial charge in [-0.1, -0.05) is 18.2 Å². The van der Waals surface area contributed by atoms with Crippen molar-refractivity contribution >= 4 is 28.7 Å². The van der Waals surface area contributed by atoms with Crippen LogP contribution in [0.15, 0.2) is 30.5 Å². The number of hydrogen-bond acceptors (Lipinski definition) is 3. The summed E-state index contributed by atoms with van der Waals surface area (Å²) in [7, 11) is 0. The Balaban J connectivity index is 1.94. The van der Waals surface area contributed by atoms with Crippen LogP contribution in [0.2, 0.25) is 0 Å². The Morgan fingerprint density at radius 2 is 1.90 bits per heavy atom. The fourth-order valence-electron chi connectivity index (χ4n) is 2.74. The third kappa shape index (κ3) is 2.29. The van der Waals surface area contributed by atoms with Crippen LogP contribution in [0.3, 0.4) is 0 Å². The van der Waals surface area contributed by atoms with Crippen molar-refractivity contribution in [1.29, 1.82) is 0 Å². The van der Waals surface area contributed by atoms with Gasteiger partial charge in [0.15, 0.2) is 0 Å². The number of carbonyl (C=O) groups excluding carboxylic acids is 2. The number of carboxylic acid groups (broad SMARTS) is 1. The smallest absolute Gasteiger partial charge is 0.327 e. The number of aliphatic carboxylic acids is 1. The number of amides is 2. The van der Waals surface area contributed by atoms with Gasteiger partial charge in [0.05, 0.1) is 0 Å². The number of imide groups is 1. The van der Waals surface area contributed by atoms with Gasteiger partial charge in [0.25, 0.3) is 0 Å². The van der Waals surface area contributed by atoms with E-state index in [1.165, 1.54) is 0 Å². The van der Waals surface area contributed by atoms with Crippen LogP contribution in [-0.2, 0) is 20.8 Å². The molecule has 2 heterocycles. The van der Waals surface area contributed by atoms with Gasteiger partial charge in [-0.3, -0.25) is 14.5 Å². The molecule has 1 atom stereocenters. The van der Waals surface area contributed by atoms with E-state index in [1.54, 1.807) is 6.20 Å². The molecular formula is C15H14N2O4. The van der Waals surface area contributed by atoms with E-state index in [2.05, 4.69) is 4.98 Å². The molecule has 3 rings (SSSR count). The van der Waals surface area contributed by atoms with Gasteiger partial charge >= 0.3 is 5.97 Å². The molecule has 1 unspecified atom stereocenters. The Bertz CT molecular complexity index is 718. The van der Waals surface area contributed by atoms with E-state index in [0.717, 1.165) is 21.4 Å². The zero-order chi connectivity index (χ0) is 15.0. The molecule has 108 valence electrons. The molecule has 0 spiro atoms. The normalized spacial score (nSPS) is 16.7. The van der Waals surface area contributed by atoms with Gasteiger partial charge in [0.1, 0.15) is 6.04 Å². The summed E-state index contributed by atoms with van der Waals surface area (Å²) in [6.07, 6.45) is 2.02. The maximum atomic E-state index is 11.8. The van der Waals surface area contributed by atoms with Crippen molar-refractivity contribution < 1.29 is 19.5 Å². The van der Waals surface area contributed by atoms with E-state index >= 15 is 0 Å². The van der Waals surface area contributed by atoms with Crippen LogP contribution < -0.4 is 0 Å². The molecule has 21 heavy (non-hydrogen) atoms. The minimum absolute atomic E-state index is 0.0937. The Morgan fingerprint density at radius 3 is 2.57 bits per heavy atom. The first-order chi connectivity index (χ1) is 10.1. The van der Waals surface area contributed by atoms with Crippen molar-refractivity contribution in [2.24, 2.45) is 0 Å². The third-order valence-electron chi connectivity index (χ3n) is 3.78. The number of para-hydroxylation sites is 1. The van der Waals surface area contributed by atoms with Crippen molar-refractivity contribution in [2.75, 3.05) is 0 Å². The third-order valence-corrected chi connectivity index (χ3v) is 3.78. The first-order valence-corrected chi connectivity index (χ1v) is 6.70. The Morgan fingerprint density at radius 1 is 1.24 bits per heavy atom. The number of hydrogen-bond donors (Lipinski definition) is 2. The highest BCUT2D eigenvalue weighted by Crippen LogP contribution is 2.23. The number of aromatic nitrogens is 1. The first kappa shape index (κ1) is 13.4. The van der Waals surface area contributed by atoms with Gasteiger partial charge < -0.3 is 10.1 Å². The molecule has 0 radical (unpaired) electrons. The molecule has 1 fully saturated rings. The lowest BCUT2D eigenvalue weighted by atomic mass is 10.0. The van der Waals surface area contributed by atoms with Crippen LogP contribution in [0.5, 0.6) is 0 Å². The fourth-order valence-corrected chi connectivity index (χ4v) is 2.74. The van der Waals surface area contributed by atoms with Crippen LogP contribution >= 0.6 is 0 Å². The number of H-pyrrole nitrogens is 1. The molecule has 2 aromatic rings. The minimum Gasteiger partial charge on any atom is -0.480 e. The highest BCUT2D eigenvalue weighted by atomic mass is 16.4. The zero-order valence-electron chi connectivity index (χ0n) is 11.2. The zero-order valence-corrected chi connectivity index (χ0v) is 11.2. The molecule has 0 aliphatic carbocycles. The molecule has 1 aromatic carbocycles. The maximum absolute atomic E-state index is 11.8. The van der Waals surface area contributed by atoms with Crippen molar-refractivity contribution in [2.45, 2.75) is 25.3 Å². The summed E-state index contributed by atoms with van der Waals surface area (Å²) in [5.41, 5.74) is 1.68. The average molecular weight is 286 g/mol. The van der Waals surface area contributed by atoms with Crippen LogP contribution in [0.4, 0.5) is 0 Å². The number of nitrogens with zero attached hydrogens (tertiary/aromatic N) is 1. The average Bonchev–Trinajstić information content (AvgIpc) is 3.01. The highest BCUT2D eigenvalue weighted by Gasteiger charge is 2.39. The molecule has 6 heteroatoms. The first-order valence-electron chi connectivity index (χ1n) is 6.70. The minimum atomic E-state index is -1.16. The summed E-state index contributed by atoms with van der Waals surface area (Å²) in [5.74, 6) is -1.98. The number of likely N-dealkylation sites (tertiary alicyclic amines) is 1. The molecule has 2 amide bonds. The van der Waals surface area contributed by atoms with E-state index in [-0.39, 0.29) is 19.3 Å². The van der Waals surface area contributed by atoms with Crippen LogP contribution in [0.25, 0.3) is 10.9 Å². The van der Waals surface area contributed by atoms with Gasteiger partial charge in [0.2, 0.25) is 11.8 Å². The van der Waals surface area contributed by atoms with E-state index in [4.69, 9.17) is 0 Å². The summed E-state index contributed by atoms with van der Waals surface area (Å²) in [4.78, 5) is 39.0. The lowest BCUT2D eigenvalue weighted by Crippen LogP contribution is -2.45. The predicted octanol–water partition coefficient (Wildman–Crippen LogP) is 1.31. The topological polar surface area (TPSA) is 90.5 Å². The molecule has 1 aliphatic heterocycles. The van der Waals surface area contributed by atoms with Gasteiger partial charge in [-0.05, 0) is 11.6 Å². The van der Waals surface area contributed by atoms with Gasteiger partial charge in [-0.2, -0.15) is 0 Å². The largest absolute Gasteiger partial charge is 0.480 e. The summed E-state index contributed by atoms with van der Waals surface area (Å²) in [6, 6.07) is 6.37. The Kier molecular flexibility index (Phi) is 3.21. The van der Waals surface area contributed by atoms with Crippen LogP contribution in [-0.4, -0.2) is 38.8 Å². The lowest BCUT2D eigenvalue weighted by Gasteiger charge is -2.22. The molecular weight excluding hydrogens is 272 g/mol. The summed E-state index contributed by atoms with van der Waals surface area (Å²) in [6.45, 7) is 0. The van der Waals surface area contributed by atoms with E-state index in [1.807, 2.05) is 24.3 Å². The predicted molar refractivity (Wildman–Crippen MR) is 74.5 cm³/mol. The van der Waals surface area contributed by atoms with Crippen LogP contribution in [0, 0.1) is 0 Å². The number of aromatic amines is 1. The van der Waals surface area contributed by atoms with Gasteiger partial charge in [-0.25, -0.2) is 4.79 Å². The second-order valence-electron chi connectivity index (χ2n) is 5.08. The lowest BCUT2D eigenvalue weighted by molar-refractivity contribution is -0.154. The molecule has 1 aromatic heterocycles. The van der Waals surface area contributed by atoms with E-state index in [0.29, 0.717) is 0 Å². The standard InChI is InChI=1S/C15H14N2O4/c18-13-5-6-14(19)17(13)12(15(20)21)7-9-8-16-11-4-2-1-3-10(9)11/h1-4,8,12,16H,5-7H2,(H,20,21). The van der Waals surface area contributed by atoms with E-state index < -0.39 is 23.8 Å². The maximum Gasteiger partial charge on any atom is 0.327 e. The molecule has 1 saturated heterocycles. The molecule has 0 saturated carbocycles. The van der Waals surface area contributed by atoms with Gasteiger partial charge in [0, 0.05) is 36.4 Å². The molecule has 6 nitrogen and oxygen atoms in total. The van der Waals surface area contributed by atoms with Gasteiger partial charge in [-0.15, -0.1) is 0 Å². The number of carbonyl (C=O) groups is 3. The van der Waals surface area contributed by atoms with Crippen molar-refractivity contribution in [3.63, 3.8) is 0 Å². The van der Waals surface area contributed by atoms with Crippen molar-refractivity contribution in [3.8, 4) is 0 Å². The van der Waals surface area contributed by atoms with Crippen molar-refractivity contribution in [3.05, 3.63) is 36.0 Å². The Hall–Kier alpha value is -2.63. The summed E-state index contributed by atoms with van der Waals surface area (Å²) in [5, 5.41) is 10.3. The second kappa shape index (κ2) is 5.05. The summed E-state index contributed by atoms with van der Waals surface area (Å²) >= 11 is 0. The number of fused-ring (bicyclic) bond motifs is 1. The monoisotopic (exact) mass is 286 g/mol. The number of rotatable bonds is 4. The molecule has 0 bridgehead atoms. The molecule has 2 N–H and O–H groups in total. The molecule has 1 aliphatic rings. The number of benzene rings is 1. The quantitative estimate of drug-likeness (QED) is 0.829. The van der Waals surface area contributed by atoms with Crippen molar-refractivity contribution in [1.82, 2.24) is 9.88 Å². The van der Waals surface area contributed by atoms with Crippen LogP contribution in [0.1, 0.15) is 18.4 Å². The number of carboxylic acids is 1. The Labute approximate surface area is 120 Å². The SMILES string of the molecule is O=C(O)C(Cc1c[nH]c2ccccc12)N1C(=O)CCC1=O. The van der Waals surface area contributed by atoms with E-state index in [9.17, 15) is 19.5 Å². The summed E-state index contributed by atoms with van der Waals surface area (Å²) < 4.78 is 0. The highest BCUT2D eigenvalue weighted by molar-refractivity contribution is 6.05. The second-order valence-corrected chi connectivity index (χ2v) is 5.08.